The van der Waals surface area contributed by atoms with E-state index < -0.39 is 6.03 Å². The molecular weight excluding hydrogens is 510 g/mol. The highest BCUT2D eigenvalue weighted by molar-refractivity contribution is 7.21. The van der Waals surface area contributed by atoms with Crippen molar-refractivity contribution in [3.05, 3.63) is 70.7 Å². The van der Waals surface area contributed by atoms with Gasteiger partial charge < -0.3 is 20.3 Å². The molecule has 37 heavy (non-hydrogen) atoms. The molecule has 2 aromatic heterocycles. The van der Waals surface area contributed by atoms with E-state index in [0.29, 0.717) is 43.3 Å². The van der Waals surface area contributed by atoms with Gasteiger partial charge in [0.15, 0.2) is 0 Å². The van der Waals surface area contributed by atoms with Crippen LogP contribution in [0.15, 0.2) is 60.8 Å². The quantitative estimate of drug-likeness (QED) is 0.316. The van der Waals surface area contributed by atoms with Crippen molar-refractivity contribution in [2.75, 3.05) is 30.4 Å². The first kappa shape index (κ1) is 23.7. The average molecular weight is 534 g/mol. The largest absolute Gasteiger partial charge is 0.457 e. The highest BCUT2D eigenvalue weighted by Gasteiger charge is 2.34. The van der Waals surface area contributed by atoms with Crippen molar-refractivity contribution in [1.29, 1.82) is 0 Å². The molecule has 6 rings (SSSR count). The Morgan fingerprint density at radius 2 is 2.00 bits per heavy atom. The number of amides is 3. The molecule has 2 aliphatic rings. The fourth-order valence-electron chi connectivity index (χ4n) is 4.88. The molecule has 8 nitrogen and oxygen atoms in total. The van der Waals surface area contributed by atoms with Gasteiger partial charge in [-0.2, -0.15) is 0 Å². The summed E-state index contributed by atoms with van der Waals surface area (Å²) in [6.45, 7) is 1.83. The molecule has 0 saturated carbocycles. The number of carbonyl (C=O) groups excluding carboxylic acids is 2. The number of ether oxygens (including phenoxy) is 1. The van der Waals surface area contributed by atoms with Gasteiger partial charge in [-0.05, 0) is 56.8 Å². The number of hydrogen-bond acceptors (Lipinski definition) is 6. The minimum atomic E-state index is -0.400. The van der Waals surface area contributed by atoms with Crippen molar-refractivity contribution in [2.24, 2.45) is 0 Å². The van der Waals surface area contributed by atoms with E-state index in [0.717, 1.165) is 31.3 Å². The van der Waals surface area contributed by atoms with Crippen molar-refractivity contribution in [2.45, 2.75) is 18.9 Å². The third-order valence-corrected chi connectivity index (χ3v) is 7.95. The van der Waals surface area contributed by atoms with Crippen LogP contribution in [0.5, 0.6) is 11.5 Å². The molecule has 0 bridgehead atoms. The number of likely N-dealkylation sites (N-methyl/N-ethyl adjacent to an activating group) is 1. The van der Waals surface area contributed by atoms with E-state index >= 15 is 0 Å². The number of piperidine rings is 1. The van der Waals surface area contributed by atoms with Gasteiger partial charge >= 0.3 is 6.03 Å². The maximum absolute atomic E-state index is 13.4. The van der Waals surface area contributed by atoms with Crippen LogP contribution in [0.1, 0.15) is 22.5 Å². The minimum absolute atomic E-state index is 0.0716. The molecule has 1 saturated heterocycles. The molecule has 2 N–H and O–H groups in total. The second kappa shape index (κ2) is 9.66. The number of hydrogen-bond donors (Lipinski definition) is 2. The van der Waals surface area contributed by atoms with Crippen LogP contribution in [-0.4, -0.2) is 48.0 Å². The lowest BCUT2D eigenvalue weighted by Gasteiger charge is -2.30. The smallest absolute Gasteiger partial charge is 0.331 e. The van der Waals surface area contributed by atoms with Crippen LogP contribution >= 0.6 is 22.9 Å². The van der Waals surface area contributed by atoms with Crippen molar-refractivity contribution < 1.29 is 14.3 Å². The van der Waals surface area contributed by atoms with Gasteiger partial charge in [0.05, 0.1) is 27.5 Å². The number of pyridine rings is 1. The third kappa shape index (κ3) is 4.50. The second-order valence-corrected chi connectivity index (χ2v) is 10.6. The van der Waals surface area contributed by atoms with E-state index in [1.165, 1.54) is 16.2 Å². The number of carbonyl (C=O) groups is 2. The number of aromatic nitrogens is 1. The standard InChI is InChI=1S/C27H24ClN5O3S/c1-32-13-5-6-16(15-32)30-25(34)24-23-22-21(11-12-29-26(22)37-24)33(27(35)31-23)20-10-9-18(14-19(20)28)36-17-7-3-2-4-8-17/h2-4,7-12,14,16H,5-6,13,15H2,1H3,(H,30,34)(H,31,35). The maximum Gasteiger partial charge on any atom is 0.331 e. The van der Waals surface area contributed by atoms with Crippen LogP contribution in [0.2, 0.25) is 5.02 Å². The molecular formula is C27H24ClN5O3S. The Bertz CT molecular complexity index is 1510. The van der Waals surface area contributed by atoms with Gasteiger partial charge in [0.1, 0.15) is 21.2 Å². The Kier molecular flexibility index (Phi) is 6.19. The predicted molar refractivity (Wildman–Crippen MR) is 147 cm³/mol. The van der Waals surface area contributed by atoms with Gasteiger partial charge in [-0.25, -0.2) is 9.78 Å². The first-order valence-electron chi connectivity index (χ1n) is 12.0. The molecule has 2 aromatic carbocycles. The van der Waals surface area contributed by atoms with Crippen LogP contribution < -0.4 is 20.3 Å². The second-order valence-electron chi connectivity index (χ2n) is 9.19. The summed E-state index contributed by atoms with van der Waals surface area (Å²) < 4.78 is 5.88. The van der Waals surface area contributed by atoms with E-state index in [9.17, 15) is 9.59 Å². The Morgan fingerprint density at radius 3 is 2.78 bits per heavy atom. The SMILES string of the molecule is CN1CCCC(NC(=O)c2sc3nccc4c3c2NC(=O)N4c2ccc(Oc3ccccc3)cc2Cl)C1. The van der Waals surface area contributed by atoms with Crippen LogP contribution in [0.25, 0.3) is 10.2 Å². The summed E-state index contributed by atoms with van der Waals surface area (Å²) in [5.74, 6) is 1.05. The molecule has 3 amide bonds. The highest BCUT2D eigenvalue weighted by atomic mass is 35.5. The highest BCUT2D eigenvalue weighted by Crippen LogP contribution is 2.47. The molecule has 188 valence electrons. The minimum Gasteiger partial charge on any atom is -0.457 e. The van der Waals surface area contributed by atoms with Crippen molar-refractivity contribution in [3.8, 4) is 11.5 Å². The average Bonchev–Trinajstić information content (AvgIpc) is 3.25. The molecule has 4 heterocycles. The van der Waals surface area contributed by atoms with Crippen molar-refractivity contribution in [1.82, 2.24) is 15.2 Å². The summed E-state index contributed by atoms with van der Waals surface area (Å²) in [6.07, 6.45) is 3.61. The van der Waals surface area contributed by atoms with E-state index in [4.69, 9.17) is 16.3 Å². The number of nitrogens with one attached hydrogen (secondary N) is 2. The van der Waals surface area contributed by atoms with Gasteiger partial charge in [-0.15, -0.1) is 11.3 Å². The van der Waals surface area contributed by atoms with Crippen LogP contribution in [-0.2, 0) is 0 Å². The van der Waals surface area contributed by atoms with Crippen LogP contribution in [0, 0.1) is 0 Å². The number of nitrogens with zero attached hydrogens (tertiary/aromatic N) is 3. The first-order chi connectivity index (χ1) is 18.0. The Balaban J connectivity index is 1.33. The van der Waals surface area contributed by atoms with E-state index in [1.807, 2.05) is 30.3 Å². The summed E-state index contributed by atoms with van der Waals surface area (Å²) in [5.41, 5.74) is 1.61. The topological polar surface area (TPSA) is 86.8 Å². The maximum atomic E-state index is 13.4. The first-order valence-corrected chi connectivity index (χ1v) is 13.2. The molecule has 0 radical (unpaired) electrons. The summed E-state index contributed by atoms with van der Waals surface area (Å²) in [7, 11) is 2.05. The number of urea groups is 1. The van der Waals surface area contributed by atoms with Crippen LogP contribution in [0.3, 0.4) is 0 Å². The molecule has 1 unspecified atom stereocenters. The van der Waals surface area contributed by atoms with Crippen molar-refractivity contribution >= 4 is 62.2 Å². The van der Waals surface area contributed by atoms with E-state index in [1.54, 1.807) is 30.5 Å². The zero-order chi connectivity index (χ0) is 25.5. The summed E-state index contributed by atoms with van der Waals surface area (Å²) in [4.78, 5) is 36.0. The van der Waals surface area contributed by atoms with Gasteiger partial charge in [-0.1, -0.05) is 29.8 Å². The lowest BCUT2D eigenvalue weighted by Crippen LogP contribution is -2.46. The summed E-state index contributed by atoms with van der Waals surface area (Å²) >= 11 is 7.93. The predicted octanol–water partition coefficient (Wildman–Crippen LogP) is 6.25. The number of thiophene rings is 1. The number of halogens is 1. The molecule has 1 fully saturated rings. The Labute approximate surface area is 222 Å². The number of anilines is 3. The zero-order valence-corrected chi connectivity index (χ0v) is 21.6. The normalized spacial score (nSPS) is 17.5. The number of para-hydroxylation sites is 1. The fourth-order valence-corrected chi connectivity index (χ4v) is 6.15. The van der Waals surface area contributed by atoms with Gasteiger partial charge in [0.2, 0.25) is 0 Å². The molecule has 2 aliphatic heterocycles. The number of benzene rings is 2. The number of rotatable bonds is 5. The third-order valence-electron chi connectivity index (χ3n) is 6.55. The Morgan fingerprint density at radius 1 is 1.16 bits per heavy atom. The van der Waals surface area contributed by atoms with Gasteiger partial charge in [0, 0.05) is 24.8 Å². The lowest BCUT2D eigenvalue weighted by molar-refractivity contribution is 0.0917. The molecule has 4 aromatic rings. The Hall–Kier alpha value is -3.66. The molecule has 10 heteroatoms. The van der Waals surface area contributed by atoms with Gasteiger partial charge in [-0.3, -0.25) is 9.69 Å². The fraction of sp³-hybridized carbons (Fsp3) is 0.222. The van der Waals surface area contributed by atoms with Crippen molar-refractivity contribution in [3.63, 3.8) is 0 Å². The molecule has 1 atom stereocenters. The monoisotopic (exact) mass is 533 g/mol. The van der Waals surface area contributed by atoms with E-state index in [2.05, 4.69) is 27.6 Å². The lowest BCUT2D eigenvalue weighted by atomic mass is 10.1. The van der Waals surface area contributed by atoms with E-state index in [-0.39, 0.29) is 11.9 Å². The molecule has 0 spiro atoms. The summed E-state index contributed by atoms with van der Waals surface area (Å²) in [6, 6.07) is 16.0. The van der Waals surface area contributed by atoms with Gasteiger partial charge in [0.25, 0.3) is 5.91 Å². The number of likely N-dealkylation sites (tertiary alicyclic amines) is 1. The summed E-state index contributed by atoms with van der Waals surface area (Å²) in [5, 5.41) is 7.14. The van der Waals surface area contributed by atoms with Crippen LogP contribution in [0.4, 0.5) is 21.9 Å². The zero-order valence-electron chi connectivity index (χ0n) is 20.0. The molecule has 0 aliphatic carbocycles.